The summed E-state index contributed by atoms with van der Waals surface area (Å²) in [4.78, 5) is 24.2. The van der Waals surface area contributed by atoms with Crippen LogP contribution in [-0.4, -0.2) is 67.1 Å². The second-order valence-electron chi connectivity index (χ2n) is 4.41. The molecule has 0 bridgehead atoms. The third-order valence-corrected chi connectivity index (χ3v) is 2.71. The Morgan fingerprint density at radius 1 is 1.44 bits per heavy atom. The molecule has 1 aliphatic heterocycles. The molecule has 7 nitrogen and oxygen atoms in total. The largest absolute Gasteiger partial charge is 0.479 e. The highest BCUT2D eigenvalue weighted by Gasteiger charge is 2.26. The molecule has 104 valence electrons. The van der Waals surface area contributed by atoms with Crippen molar-refractivity contribution in [2.45, 2.75) is 32.2 Å². The molecule has 3 atom stereocenters. The van der Waals surface area contributed by atoms with Crippen molar-refractivity contribution in [2.75, 3.05) is 26.7 Å². The molecular formula is C11H20N2O5. The Labute approximate surface area is 106 Å². The Balaban J connectivity index is 2.42. The van der Waals surface area contributed by atoms with Gasteiger partial charge in [-0.25, -0.2) is 9.59 Å². The lowest BCUT2D eigenvalue weighted by Gasteiger charge is -2.35. The van der Waals surface area contributed by atoms with Gasteiger partial charge in [-0.3, -0.25) is 0 Å². The van der Waals surface area contributed by atoms with E-state index in [1.165, 1.54) is 7.11 Å². The smallest absolute Gasteiger partial charge is 0.334 e. The standard InChI is InChI=1S/C11H20N2O5/c1-7-5-13(6-8(2)18-7)11(16)12-4-9(17-3)10(14)15/h7-9H,4-6H2,1-3H3,(H,12,16)(H,14,15)/t7-,8+,9?. The average Bonchev–Trinajstić information content (AvgIpc) is 2.27. The van der Waals surface area contributed by atoms with Crippen molar-refractivity contribution in [2.24, 2.45) is 0 Å². The zero-order valence-corrected chi connectivity index (χ0v) is 10.9. The predicted octanol–water partition coefficient (Wildman–Crippen LogP) is -0.0952. The number of carbonyl (C=O) groups is 2. The first-order valence-corrected chi connectivity index (χ1v) is 5.87. The lowest BCUT2D eigenvalue weighted by Crippen LogP contribution is -2.53. The highest BCUT2D eigenvalue weighted by molar-refractivity contribution is 5.77. The Kier molecular flexibility index (Phi) is 5.36. The predicted molar refractivity (Wildman–Crippen MR) is 63.4 cm³/mol. The molecule has 2 amide bonds. The van der Waals surface area contributed by atoms with Gasteiger partial charge in [0.1, 0.15) is 0 Å². The number of carboxylic acids is 1. The van der Waals surface area contributed by atoms with Crippen LogP contribution in [0.5, 0.6) is 0 Å². The summed E-state index contributed by atoms with van der Waals surface area (Å²) in [7, 11) is 1.30. The summed E-state index contributed by atoms with van der Waals surface area (Å²) in [6.07, 6.45) is -1.06. The van der Waals surface area contributed by atoms with Crippen LogP contribution in [0.2, 0.25) is 0 Å². The van der Waals surface area contributed by atoms with Gasteiger partial charge in [0.25, 0.3) is 0 Å². The van der Waals surface area contributed by atoms with E-state index in [2.05, 4.69) is 5.32 Å². The van der Waals surface area contributed by atoms with E-state index in [4.69, 9.17) is 14.6 Å². The third kappa shape index (κ3) is 4.15. The monoisotopic (exact) mass is 260 g/mol. The van der Waals surface area contributed by atoms with Crippen molar-refractivity contribution in [3.05, 3.63) is 0 Å². The first-order chi connectivity index (χ1) is 8.43. The number of rotatable bonds is 4. The van der Waals surface area contributed by atoms with E-state index in [1.807, 2.05) is 13.8 Å². The van der Waals surface area contributed by atoms with Crippen LogP contribution in [0.4, 0.5) is 4.79 Å². The zero-order valence-electron chi connectivity index (χ0n) is 10.9. The number of hydrogen-bond acceptors (Lipinski definition) is 4. The molecule has 0 radical (unpaired) electrons. The lowest BCUT2D eigenvalue weighted by molar-refractivity contribution is -0.148. The van der Waals surface area contributed by atoms with Crippen LogP contribution in [0.1, 0.15) is 13.8 Å². The van der Waals surface area contributed by atoms with Crippen molar-refractivity contribution < 1.29 is 24.2 Å². The van der Waals surface area contributed by atoms with Gasteiger partial charge >= 0.3 is 12.0 Å². The summed E-state index contributed by atoms with van der Waals surface area (Å²) in [5.74, 6) is -1.10. The fraction of sp³-hybridized carbons (Fsp3) is 0.818. The summed E-state index contributed by atoms with van der Waals surface area (Å²) >= 11 is 0. The maximum atomic E-state index is 11.8. The quantitative estimate of drug-likeness (QED) is 0.737. The summed E-state index contributed by atoms with van der Waals surface area (Å²) in [5.41, 5.74) is 0. The number of aliphatic carboxylic acids is 1. The number of hydrogen-bond donors (Lipinski definition) is 2. The number of morpholine rings is 1. The van der Waals surface area contributed by atoms with Gasteiger partial charge in [0.2, 0.25) is 0 Å². The van der Waals surface area contributed by atoms with Gasteiger partial charge in [0.15, 0.2) is 6.10 Å². The Bertz CT molecular complexity index is 300. The van der Waals surface area contributed by atoms with Crippen molar-refractivity contribution in [1.82, 2.24) is 10.2 Å². The van der Waals surface area contributed by atoms with E-state index in [9.17, 15) is 9.59 Å². The molecule has 0 aromatic carbocycles. The maximum absolute atomic E-state index is 11.8. The summed E-state index contributed by atoms with van der Waals surface area (Å²) < 4.78 is 10.2. The van der Waals surface area contributed by atoms with Crippen molar-refractivity contribution in [3.8, 4) is 0 Å². The first kappa shape index (κ1) is 14.7. The molecule has 1 aliphatic rings. The van der Waals surface area contributed by atoms with Crippen LogP contribution in [0, 0.1) is 0 Å². The van der Waals surface area contributed by atoms with Crippen LogP contribution >= 0.6 is 0 Å². The molecule has 7 heteroatoms. The van der Waals surface area contributed by atoms with Crippen molar-refractivity contribution in [1.29, 1.82) is 0 Å². The fourth-order valence-corrected chi connectivity index (χ4v) is 1.91. The van der Waals surface area contributed by atoms with E-state index >= 15 is 0 Å². The molecule has 1 fully saturated rings. The highest BCUT2D eigenvalue weighted by atomic mass is 16.5. The third-order valence-electron chi connectivity index (χ3n) is 2.71. The summed E-state index contributed by atoms with van der Waals surface area (Å²) in [5, 5.41) is 11.3. The molecule has 0 saturated carbocycles. The molecule has 1 rings (SSSR count). The van der Waals surface area contributed by atoms with E-state index in [1.54, 1.807) is 4.90 Å². The van der Waals surface area contributed by atoms with Crippen LogP contribution in [0.25, 0.3) is 0 Å². The molecule has 0 aromatic rings. The van der Waals surface area contributed by atoms with Crippen LogP contribution < -0.4 is 5.32 Å². The lowest BCUT2D eigenvalue weighted by atomic mass is 10.2. The molecule has 1 saturated heterocycles. The number of urea groups is 1. The SMILES string of the molecule is COC(CNC(=O)N1C[C@@H](C)O[C@@H](C)C1)C(=O)O. The fourth-order valence-electron chi connectivity index (χ4n) is 1.91. The second-order valence-corrected chi connectivity index (χ2v) is 4.41. The normalized spacial score (nSPS) is 25.6. The Hall–Kier alpha value is -1.34. The van der Waals surface area contributed by atoms with Gasteiger partial charge in [-0.05, 0) is 13.8 Å². The topological polar surface area (TPSA) is 88.1 Å². The van der Waals surface area contributed by atoms with Gasteiger partial charge in [-0.15, -0.1) is 0 Å². The molecule has 0 aliphatic carbocycles. The molecule has 1 unspecified atom stereocenters. The van der Waals surface area contributed by atoms with E-state index in [-0.39, 0.29) is 24.8 Å². The summed E-state index contributed by atoms with van der Waals surface area (Å²) in [6, 6.07) is -0.291. The Morgan fingerprint density at radius 2 is 2.00 bits per heavy atom. The molecular weight excluding hydrogens is 240 g/mol. The number of nitrogens with zero attached hydrogens (tertiary/aromatic N) is 1. The molecule has 18 heavy (non-hydrogen) atoms. The Morgan fingerprint density at radius 3 is 2.44 bits per heavy atom. The molecule has 2 N–H and O–H groups in total. The van der Waals surface area contributed by atoms with E-state index < -0.39 is 12.1 Å². The van der Waals surface area contributed by atoms with E-state index in [0.29, 0.717) is 13.1 Å². The minimum atomic E-state index is -1.10. The number of amides is 2. The van der Waals surface area contributed by atoms with Crippen LogP contribution in [-0.2, 0) is 14.3 Å². The summed E-state index contributed by atoms with van der Waals surface area (Å²) in [6.45, 7) is 4.74. The highest BCUT2D eigenvalue weighted by Crippen LogP contribution is 2.10. The molecule has 0 spiro atoms. The average molecular weight is 260 g/mol. The van der Waals surface area contributed by atoms with Crippen molar-refractivity contribution in [3.63, 3.8) is 0 Å². The zero-order chi connectivity index (χ0) is 13.7. The number of methoxy groups -OCH3 is 1. The maximum Gasteiger partial charge on any atom is 0.334 e. The first-order valence-electron chi connectivity index (χ1n) is 5.87. The van der Waals surface area contributed by atoms with Crippen LogP contribution in [0.3, 0.4) is 0 Å². The van der Waals surface area contributed by atoms with Gasteiger partial charge < -0.3 is 24.8 Å². The van der Waals surface area contributed by atoms with Gasteiger partial charge in [-0.2, -0.15) is 0 Å². The number of nitrogens with one attached hydrogen (secondary N) is 1. The minimum absolute atomic E-state index is 0.0165. The number of ether oxygens (including phenoxy) is 2. The van der Waals surface area contributed by atoms with Gasteiger partial charge in [0, 0.05) is 20.2 Å². The molecule has 0 aromatic heterocycles. The minimum Gasteiger partial charge on any atom is -0.479 e. The van der Waals surface area contributed by atoms with E-state index in [0.717, 1.165) is 0 Å². The van der Waals surface area contributed by atoms with Crippen LogP contribution in [0.15, 0.2) is 0 Å². The number of carboxylic acid groups (broad SMARTS) is 1. The number of carbonyl (C=O) groups excluding carboxylic acids is 1. The van der Waals surface area contributed by atoms with Crippen molar-refractivity contribution >= 4 is 12.0 Å². The molecule has 1 heterocycles. The second kappa shape index (κ2) is 6.55. The van der Waals surface area contributed by atoms with Gasteiger partial charge in [-0.1, -0.05) is 0 Å². The van der Waals surface area contributed by atoms with Gasteiger partial charge in [0.05, 0.1) is 18.8 Å².